The molecule has 102 valence electrons. The molecule has 2 aromatic rings. The zero-order chi connectivity index (χ0) is 12.8. The molecule has 0 fully saturated rings. The van der Waals surface area contributed by atoms with Crippen LogP contribution >= 0.6 is 12.4 Å². The fourth-order valence-corrected chi connectivity index (χ4v) is 1.38. The van der Waals surface area contributed by atoms with Gasteiger partial charge >= 0.3 is 0 Å². The largest absolute Gasteiger partial charge is 0.388 e. The van der Waals surface area contributed by atoms with Crippen molar-refractivity contribution in [1.82, 2.24) is 10.3 Å². The Morgan fingerprint density at radius 3 is 1.26 bits per heavy atom. The molecule has 0 bridgehead atoms. The third kappa shape index (κ3) is 4.79. The lowest BCUT2D eigenvalue weighted by Crippen LogP contribution is -2.41. The number of hydrazine groups is 1. The third-order valence-electron chi connectivity index (χ3n) is 2.36. The Kier molecular flexibility index (Phi) is 6.15. The highest BCUT2D eigenvalue weighted by atomic mass is 35.5. The summed E-state index contributed by atoms with van der Waals surface area (Å²) in [7, 11) is 3.55. The predicted octanol–water partition coefficient (Wildman–Crippen LogP) is 3.17. The monoisotopic (exact) mass is 280 g/mol. The van der Waals surface area contributed by atoms with E-state index in [-0.39, 0.29) is 12.4 Å². The van der Waals surface area contributed by atoms with Gasteiger partial charge in [-0.25, -0.2) is 0 Å². The van der Waals surface area contributed by atoms with Crippen molar-refractivity contribution in [3.63, 3.8) is 0 Å². The second-order valence-electron chi connectivity index (χ2n) is 3.74. The third-order valence-corrected chi connectivity index (χ3v) is 2.36. The molecule has 2 rings (SSSR count). The number of halogens is 1. The Hall–Kier alpha value is -1.75. The molecular weight excluding hydrogens is 264 g/mol. The van der Waals surface area contributed by atoms with Gasteiger partial charge in [-0.15, -0.1) is 12.4 Å². The predicted molar refractivity (Wildman–Crippen MR) is 76.9 cm³/mol. The van der Waals surface area contributed by atoms with Crippen LogP contribution in [0, 0.1) is 0 Å². The van der Waals surface area contributed by atoms with Gasteiger partial charge < -0.3 is 9.68 Å². The zero-order valence-electron chi connectivity index (χ0n) is 10.9. The summed E-state index contributed by atoms with van der Waals surface area (Å²) in [6.07, 6.45) is 0. The molecule has 0 aliphatic heterocycles. The van der Waals surface area contributed by atoms with Crippen LogP contribution in [0.1, 0.15) is 0 Å². The summed E-state index contributed by atoms with van der Waals surface area (Å²) >= 11 is 0. The second-order valence-corrected chi connectivity index (χ2v) is 3.74. The highest BCUT2D eigenvalue weighted by Crippen LogP contribution is 2.13. The van der Waals surface area contributed by atoms with Crippen LogP contribution < -0.4 is 9.68 Å². The van der Waals surface area contributed by atoms with Crippen molar-refractivity contribution in [3.05, 3.63) is 60.7 Å². The van der Waals surface area contributed by atoms with E-state index in [1.807, 2.05) is 60.7 Å². The number of para-hydroxylation sites is 2. The van der Waals surface area contributed by atoms with Crippen LogP contribution in [-0.2, 0) is 0 Å². The van der Waals surface area contributed by atoms with Gasteiger partial charge in [-0.1, -0.05) is 36.4 Å². The van der Waals surface area contributed by atoms with E-state index in [0.717, 1.165) is 11.5 Å². The fraction of sp³-hybridized carbons (Fsp3) is 0.143. The van der Waals surface area contributed by atoms with E-state index in [4.69, 9.17) is 9.68 Å². The van der Waals surface area contributed by atoms with Crippen LogP contribution in [0.2, 0.25) is 0 Å². The zero-order valence-corrected chi connectivity index (χ0v) is 11.7. The highest BCUT2D eigenvalue weighted by molar-refractivity contribution is 5.85. The number of rotatable bonds is 5. The first-order valence-corrected chi connectivity index (χ1v) is 5.69. The van der Waals surface area contributed by atoms with Crippen LogP contribution in [0.15, 0.2) is 60.7 Å². The Labute approximate surface area is 119 Å². The van der Waals surface area contributed by atoms with Crippen LogP contribution in [0.3, 0.4) is 0 Å². The van der Waals surface area contributed by atoms with Crippen LogP contribution in [0.25, 0.3) is 0 Å². The Balaban J connectivity index is 0.00000180. The summed E-state index contributed by atoms with van der Waals surface area (Å²) in [5, 5.41) is 3.03. The van der Waals surface area contributed by atoms with Gasteiger partial charge in [0.2, 0.25) is 0 Å². The molecule has 0 atom stereocenters. The first-order valence-electron chi connectivity index (χ1n) is 5.69. The van der Waals surface area contributed by atoms with Gasteiger partial charge in [0.1, 0.15) is 11.5 Å². The molecule has 0 saturated heterocycles. The van der Waals surface area contributed by atoms with Crippen molar-refractivity contribution in [2.75, 3.05) is 14.1 Å². The van der Waals surface area contributed by atoms with E-state index in [2.05, 4.69) is 0 Å². The number of hydrogen-bond acceptors (Lipinski definition) is 4. The molecule has 5 heteroatoms. The smallest absolute Gasteiger partial charge is 0.149 e. The van der Waals surface area contributed by atoms with Gasteiger partial charge in [0.05, 0.1) is 0 Å². The van der Waals surface area contributed by atoms with Gasteiger partial charge in [0.15, 0.2) is 0 Å². The Morgan fingerprint density at radius 1 is 0.632 bits per heavy atom. The lowest BCUT2D eigenvalue weighted by atomic mass is 10.3. The van der Waals surface area contributed by atoms with Crippen molar-refractivity contribution >= 4 is 12.4 Å². The van der Waals surface area contributed by atoms with E-state index in [9.17, 15) is 0 Å². The van der Waals surface area contributed by atoms with Crippen LogP contribution in [-0.4, -0.2) is 24.4 Å². The van der Waals surface area contributed by atoms with Crippen LogP contribution in [0.5, 0.6) is 11.5 Å². The van der Waals surface area contributed by atoms with E-state index >= 15 is 0 Å². The summed E-state index contributed by atoms with van der Waals surface area (Å²) in [5.74, 6) is 1.51. The number of nitrogens with zero attached hydrogens (tertiary/aromatic N) is 2. The van der Waals surface area contributed by atoms with Gasteiger partial charge in [-0.05, 0) is 34.6 Å². The van der Waals surface area contributed by atoms with Gasteiger partial charge in [-0.2, -0.15) is 0 Å². The molecule has 0 aliphatic carbocycles. The summed E-state index contributed by atoms with van der Waals surface area (Å²) < 4.78 is 0. The molecule has 0 amide bonds. The number of benzene rings is 2. The molecule has 4 nitrogen and oxygen atoms in total. The standard InChI is InChI=1S/C14H16N2O2.ClH/c1-15(17-13-9-5-3-6-10-13)16(2)18-14-11-7-4-8-12-14;/h3-12H,1-2H3;1H. The van der Waals surface area contributed by atoms with Crippen molar-refractivity contribution < 1.29 is 9.68 Å². The summed E-state index contributed by atoms with van der Waals surface area (Å²) in [4.78, 5) is 11.2. The normalized spacial score (nSPS) is 10.1. The highest BCUT2D eigenvalue weighted by Gasteiger charge is 2.09. The Bertz CT molecular complexity index is 422. The molecular formula is C14H17ClN2O2. The van der Waals surface area contributed by atoms with E-state index in [1.165, 1.54) is 10.3 Å². The number of hydroxylamine groups is 2. The lowest BCUT2D eigenvalue weighted by molar-refractivity contribution is -0.305. The topological polar surface area (TPSA) is 24.9 Å². The van der Waals surface area contributed by atoms with E-state index < -0.39 is 0 Å². The summed E-state index contributed by atoms with van der Waals surface area (Å²) in [6, 6.07) is 19.1. The minimum Gasteiger partial charge on any atom is -0.388 e. The molecule has 0 radical (unpaired) electrons. The molecule has 0 saturated carbocycles. The maximum absolute atomic E-state index is 5.58. The fourth-order valence-electron chi connectivity index (χ4n) is 1.38. The first kappa shape index (κ1) is 15.3. The van der Waals surface area contributed by atoms with Crippen molar-refractivity contribution in [1.29, 1.82) is 0 Å². The number of hydrogen-bond donors (Lipinski definition) is 0. The average molecular weight is 281 g/mol. The Morgan fingerprint density at radius 2 is 0.947 bits per heavy atom. The molecule has 0 spiro atoms. The van der Waals surface area contributed by atoms with Gasteiger partial charge in [0, 0.05) is 14.1 Å². The quantitative estimate of drug-likeness (QED) is 0.786. The second kappa shape index (κ2) is 7.63. The SMILES string of the molecule is CN(Oc1ccccc1)N(C)Oc1ccccc1.Cl. The molecule has 0 unspecified atom stereocenters. The van der Waals surface area contributed by atoms with Crippen molar-refractivity contribution in [3.8, 4) is 11.5 Å². The van der Waals surface area contributed by atoms with Crippen molar-refractivity contribution in [2.45, 2.75) is 0 Å². The van der Waals surface area contributed by atoms with E-state index in [1.54, 1.807) is 14.1 Å². The minimum absolute atomic E-state index is 0. The van der Waals surface area contributed by atoms with Gasteiger partial charge in [-0.3, -0.25) is 0 Å². The maximum atomic E-state index is 5.58. The summed E-state index contributed by atoms with van der Waals surface area (Å²) in [5.41, 5.74) is 0. The van der Waals surface area contributed by atoms with Crippen LogP contribution in [0.4, 0.5) is 0 Å². The average Bonchev–Trinajstić information content (AvgIpc) is 2.41. The lowest BCUT2D eigenvalue weighted by Gasteiger charge is -2.26. The molecule has 0 heterocycles. The molecule has 0 aromatic heterocycles. The molecule has 19 heavy (non-hydrogen) atoms. The first-order chi connectivity index (χ1) is 8.75. The maximum Gasteiger partial charge on any atom is 0.149 e. The van der Waals surface area contributed by atoms with E-state index in [0.29, 0.717) is 0 Å². The summed E-state index contributed by atoms with van der Waals surface area (Å²) in [6.45, 7) is 0. The molecule has 2 aromatic carbocycles. The van der Waals surface area contributed by atoms with Gasteiger partial charge in [0.25, 0.3) is 0 Å². The molecule has 0 aliphatic rings. The molecule has 0 N–H and O–H groups in total. The minimum atomic E-state index is 0. The van der Waals surface area contributed by atoms with Crippen molar-refractivity contribution in [2.24, 2.45) is 0 Å².